The third kappa shape index (κ3) is 2.44. The molecular formula is C9H12N6O. The number of nitrogens with zero attached hydrogens (tertiary/aromatic N) is 4. The number of hydrogen-bond donors (Lipinski definition) is 2. The van der Waals surface area contributed by atoms with Gasteiger partial charge in [0.1, 0.15) is 5.82 Å². The van der Waals surface area contributed by atoms with E-state index in [4.69, 9.17) is 10.3 Å². The van der Waals surface area contributed by atoms with Crippen LogP contribution in [0.3, 0.4) is 0 Å². The molecule has 0 unspecified atom stereocenters. The molecule has 7 heteroatoms. The highest BCUT2D eigenvalue weighted by atomic mass is 16.5. The highest BCUT2D eigenvalue weighted by Gasteiger charge is 2.03. The molecule has 0 bridgehead atoms. The summed E-state index contributed by atoms with van der Waals surface area (Å²) in [6.45, 7) is 4.02. The van der Waals surface area contributed by atoms with Crippen LogP contribution in [0, 0.1) is 13.8 Å². The van der Waals surface area contributed by atoms with Crippen LogP contribution in [-0.2, 0) is 6.54 Å². The van der Waals surface area contributed by atoms with Crippen LogP contribution in [0.5, 0.6) is 0 Å². The first-order valence-electron chi connectivity index (χ1n) is 4.78. The summed E-state index contributed by atoms with van der Waals surface area (Å²) in [5.41, 5.74) is 6.32. The van der Waals surface area contributed by atoms with Crippen molar-refractivity contribution in [1.82, 2.24) is 20.1 Å². The minimum absolute atomic E-state index is 0.240. The predicted octanol–water partition coefficient (Wildman–Crippen LogP) is 0.671. The Balaban J connectivity index is 2.04. The fourth-order valence-electron chi connectivity index (χ4n) is 1.26. The van der Waals surface area contributed by atoms with E-state index in [-0.39, 0.29) is 5.95 Å². The van der Waals surface area contributed by atoms with Gasteiger partial charge in [0.15, 0.2) is 5.82 Å². The largest absolute Gasteiger partial charge is 0.368 e. The molecule has 0 aliphatic carbocycles. The Kier molecular flexibility index (Phi) is 2.67. The second kappa shape index (κ2) is 4.13. The Morgan fingerprint density at radius 1 is 1.31 bits per heavy atom. The molecule has 0 aliphatic heterocycles. The Bertz CT molecular complexity index is 474. The topological polar surface area (TPSA) is 103 Å². The van der Waals surface area contributed by atoms with E-state index in [1.165, 1.54) is 0 Å². The third-order valence-electron chi connectivity index (χ3n) is 1.86. The summed E-state index contributed by atoms with van der Waals surface area (Å²) in [6.07, 6.45) is 0. The summed E-state index contributed by atoms with van der Waals surface area (Å²) in [6, 6.07) is 1.79. The first kappa shape index (κ1) is 10.3. The summed E-state index contributed by atoms with van der Waals surface area (Å²) >= 11 is 0. The van der Waals surface area contributed by atoms with Gasteiger partial charge in [-0.3, -0.25) is 0 Å². The van der Waals surface area contributed by atoms with Crippen LogP contribution >= 0.6 is 0 Å². The zero-order valence-corrected chi connectivity index (χ0v) is 9.06. The van der Waals surface area contributed by atoms with Crippen LogP contribution in [0.15, 0.2) is 10.6 Å². The molecule has 0 fully saturated rings. The van der Waals surface area contributed by atoms with Gasteiger partial charge in [-0.05, 0) is 13.8 Å². The van der Waals surface area contributed by atoms with Gasteiger partial charge in [0.05, 0.1) is 6.54 Å². The van der Waals surface area contributed by atoms with E-state index >= 15 is 0 Å². The highest BCUT2D eigenvalue weighted by molar-refractivity contribution is 5.40. The van der Waals surface area contributed by atoms with E-state index in [9.17, 15) is 0 Å². The molecule has 0 spiro atoms. The number of hydrogen-bond acceptors (Lipinski definition) is 7. The van der Waals surface area contributed by atoms with Gasteiger partial charge in [0.25, 0.3) is 0 Å². The molecule has 0 saturated heterocycles. The van der Waals surface area contributed by atoms with Crippen molar-refractivity contribution in [3.63, 3.8) is 0 Å². The maximum Gasteiger partial charge on any atom is 0.245 e. The number of rotatable bonds is 3. The highest BCUT2D eigenvalue weighted by Crippen LogP contribution is 2.08. The van der Waals surface area contributed by atoms with Gasteiger partial charge in [-0.1, -0.05) is 5.16 Å². The van der Waals surface area contributed by atoms with E-state index in [0.717, 1.165) is 5.69 Å². The smallest absolute Gasteiger partial charge is 0.245 e. The van der Waals surface area contributed by atoms with Crippen LogP contribution in [-0.4, -0.2) is 20.1 Å². The lowest BCUT2D eigenvalue weighted by atomic mass is 10.4. The minimum atomic E-state index is 0.240. The van der Waals surface area contributed by atoms with Gasteiger partial charge in [-0.15, -0.1) is 0 Å². The van der Waals surface area contributed by atoms with E-state index in [1.807, 2.05) is 6.92 Å². The third-order valence-corrected chi connectivity index (χ3v) is 1.86. The summed E-state index contributed by atoms with van der Waals surface area (Å²) in [5, 5.41) is 6.71. The quantitative estimate of drug-likeness (QED) is 0.783. The number of nitrogen functional groups attached to an aromatic ring is 1. The molecule has 2 aromatic rings. The number of aromatic nitrogens is 4. The maximum absolute atomic E-state index is 5.52. The fourth-order valence-corrected chi connectivity index (χ4v) is 1.26. The summed E-state index contributed by atoms with van der Waals surface area (Å²) in [5.74, 6) is 1.99. The number of nitrogens with one attached hydrogen (secondary N) is 1. The van der Waals surface area contributed by atoms with Crippen molar-refractivity contribution >= 4 is 11.8 Å². The fraction of sp³-hybridized carbons (Fsp3) is 0.333. The molecule has 16 heavy (non-hydrogen) atoms. The molecule has 0 aliphatic rings. The molecule has 0 atom stereocenters. The van der Waals surface area contributed by atoms with Gasteiger partial charge in [0, 0.05) is 11.8 Å². The van der Waals surface area contributed by atoms with Crippen molar-refractivity contribution in [3.05, 3.63) is 23.5 Å². The van der Waals surface area contributed by atoms with Crippen molar-refractivity contribution in [2.24, 2.45) is 0 Å². The Morgan fingerprint density at radius 2 is 2.12 bits per heavy atom. The normalized spacial score (nSPS) is 10.4. The maximum atomic E-state index is 5.52. The van der Waals surface area contributed by atoms with Gasteiger partial charge in [-0.25, -0.2) is 4.98 Å². The standard InChI is InChI=1S/C9H12N6O/c1-5-3-7(14-9(10)12-5)11-4-8-13-6(2)15-16-8/h3H,4H2,1-2H3,(H3,10,11,12,14). The minimum Gasteiger partial charge on any atom is -0.368 e. The Morgan fingerprint density at radius 3 is 2.75 bits per heavy atom. The van der Waals surface area contributed by atoms with Crippen LogP contribution in [0.4, 0.5) is 11.8 Å². The van der Waals surface area contributed by atoms with Crippen LogP contribution < -0.4 is 11.1 Å². The van der Waals surface area contributed by atoms with Gasteiger partial charge in [-0.2, -0.15) is 9.97 Å². The lowest BCUT2D eigenvalue weighted by Crippen LogP contribution is -2.05. The van der Waals surface area contributed by atoms with Crippen LogP contribution in [0.2, 0.25) is 0 Å². The number of aryl methyl sites for hydroxylation is 2. The Hall–Kier alpha value is -2.18. The van der Waals surface area contributed by atoms with Crippen molar-refractivity contribution in [1.29, 1.82) is 0 Å². The average molecular weight is 220 g/mol. The molecule has 0 radical (unpaired) electrons. The lowest BCUT2D eigenvalue weighted by Gasteiger charge is -2.03. The number of anilines is 2. The molecule has 2 rings (SSSR count). The zero-order chi connectivity index (χ0) is 11.5. The molecule has 7 nitrogen and oxygen atoms in total. The Labute approximate surface area is 92.1 Å². The molecule has 0 amide bonds. The van der Waals surface area contributed by atoms with Gasteiger partial charge < -0.3 is 15.6 Å². The van der Waals surface area contributed by atoms with Gasteiger partial charge in [0.2, 0.25) is 11.8 Å². The second-order valence-electron chi connectivity index (χ2n) is 3.34. The average Bonchev–Trinajstić information content (AvgIpc) is 2.60. The van der Waals surface area contributed by atoms with Gasteiger partial charge >= 0.3 is 0 Å². The predicted molar refractivity (Wildman–Crippen MR) is 57.5 cm³/mol. The van der Waals surface area contributed by atoms with E-state index < -0.39 is 0 Å². The van der Waals surface area contributed by atoms with Crippen LogP contribution in [0.25, 0.3) is 0 Å². The van der Waals surface area contributed by atoms with E-state index in [1.54, 1.807) is 13.0 Å². The number of nitrogens with two attached hydrogens (primary N) is 1. The lowest BCUT2D eigenvalue weighted by molar-refractivity contribution is 0.379. The molecule has 84 valence electrons. The van der Waals surface area contributed by atoms with Crippen molar-refractivity contribution in [2.45, 2.75) is 20.4 Å². The van der Waals surface area contributed by atoms with Crippen molar-refractivity contribution in [2.75, 3.05) is 11.1 Å². The molecule has 0 saturated carbocycles. The molecule has 2 aromatic heterocycles. The first-order valence-corrected chi connectivity index (χ1v) is 4.78. The van der Waals surface area contributed by atoms with Crippen LogP contribution in [0.1, 0.15) is 17.4 Å². The molecule has 0 aromatic carbocycles. The van der Waals surface area contributed by atoms with E-state index in [0.29, 0.717) is 24.1 Å². The molecule has 3 N–H and O–H groups in total. The zero-order valence-electron chi connectivity index (χ0n) is 9.06. The second-order valence-corrected chi connectivity index (χ2v) is 3.34. The first-order chi connectivity index (χ1) is 7.63. The molecular weight excluding hydrogens is 208 g/mol. The summed E-state index contributed by atoms with van der Waals surface area (Å²) in [4.78, 5) is 12.0. The van der Waals surface area contributed by atoms with Crippen molar-refractivity contribution < 1.29 is 4.52 Å². The SMILES string of the molecule is Cc1cc(NCc2nc(C)no2)nc(N)n1. The summed E-state index contributed by atoms with van der Waals surface area (Å²) in [7, 11) is 0. The van der Waals surface area contributed by atoms with Crippen molar-refractivity contribution in [3.8, 4) is 0 Å². The van der Waals surface area contributed by atoms with E-state index in [2.05, 4.69) is 25.4 Å². The molecule has 2 heterocycles. The summed E-state index contributed by atoms with van der Waals surface area (Å²) < 4.78 is 4.95. The monoisotopic (exact) mass is 220 g/mol.